The van der Waals surface area contributed by atoms with Crippen LogP contribution in [0.1, 0.15) is 54.4 Å². The van der Waals surface area contributed by atoms with Crippen LogP contribution in [0.3, 0.4) is 0 Å². The number of hydrogen-bond donors (Lipinski definition) is 0. The quantitative estimate of drug-likeness (QED) is 0.588. The number of nitrogens with zero attached hydrogens (tertiary/aromatic N) is 1. The van der Waals surface area contributed by atoms with Crippen molar-refractivity contribution >= 4 is 17.8 Å². The maximum atomic E-state index is 12.2. The summed E-state index contributed by atoms with van der Waals surface area (Å²) in [5, 5.41) is 0. The Morgan fingerprint density at radius 1 is 1.20 bits per heavy atom. The molecule has 0 aliphatic carbocycles. The first-order chi connectivity index (χ1) is 8.92. The van der Waals surface area contributed by atoms with Gasteiger partial charge in [0.2, 0.25) is 11.8 Å². The Kier molecular flexibility index (Phi) is 4.62. The van der Waals surface area contributed by atoms with Crippen molar-refractivity contribution in [2.24, 2.45) is 11.3 Å². The van der Waals surface area contributed by atoms with E-state index in [1.807, 2.05) is 20.8 Å². The van der Waals surface area contributed by atoms with Gasteiger partial charge < -0.3 is 4.74 Å². The van der Waals surface area contributed by atoms with E-state index >= 15 is 0 Å². The molecular weight excluding hydrogens is 258 g/mol. The average molecular weight is 283 g/mol. The Morgan fingerprint density at radius 3 is 2.15 bits per heavy atom. The lowest BCUT2D eigenvalue weighted by atomic mass is 9.80. The first-order valence-corrected chi connectivity index (χ1v) is 6.98. The molecule has 0 saturated carbocycles. The van der Waals surface area contributed by atoms with Crippen molar-refractivity contribution in [2.75, 3.05) is 6.54 Å². The minimum Gasteiger partial charge on any atom is -0.460 e. The molecule has 2 amide bonds. The van der Waals surface area contributed by atoms with Crippen molar-refractivity contribution in [3.8, 4) is 0 Å². The zero-order valence-electron chi connectivity index (χ0n) is 13.3. The van der Waals surface area contributed by atoms with Gasteiger partial charge in [0.25, 0.3) is 0 Å². The van der Waals surface area contributed by atoms with Gasteiger partial charge in [0, 0.05) is 13.0 Å². The number of likely N-dealkylation sites (tertiary alicyclic amines) is 1. The van der Waals surface area contributed by atoms with Crippen LogP contribution in [0, 0.1) is 11.3 Å². The Balaban J connectivity index is 2.59. The van der Waals surface area contributed by atoms with Crippen molar-refractivity contribution in [1.82, 2.24) is 4.90 Å². The van der Waals surface area contributed by atoms with Crippen molar-refractivity contribution in [2.45, 2.75) is 60.0 Å². The van der Waals surface area contributed by atoms with E-state index in [1.54, 1.807) is 20.8 Å². The van der Waals surface area contributed by atoms with Gasteiger partial charge in [-0.15, -0.1) is 0 Å². The summed E-state index contributed by atoms with van der Waals surface area (Å²) in [4.78, 5) is 36.9. The lowest BCUT2D eigenvalue weighted by molar-refractivity contribution is -0.155. The summed E-state index contributed by atoms with van der Waals surface area (Å²) in [6.07, 6.45) is 0.280. The molecule has 0 radical (unpaired) electrons. The minimum absolute atomic E-state index is 0.0472. The van der Waals surface area contributed by atoms with E-state index < -0.39 is 11.6 Å². The van der Waals surface area contributed by atoms with Gasteiger partial charge in [-0.2, -0.15) is 0 Å². The molecule has 0 spiro atoms. The Bertz CT molecular complexity index is 415. The summed E-state index contributed by atoms with van der Waals surface area (Å²) < 4.78 is 5.17. The third kappa shape index (κ3) is 4.32. The van der Waals surface area contributed by atoms with Gasteiger partial charge in [0.05, 0.1) is 12.3 Å². The second-order valence-electron chi connectivity index (χ2n) is 7.34. The molecule has 20 heavy (non-hydrogen) atoms. The highest BCUT2D eigenvalue weighted by molar-refractivity contribution is 6.04. The number of amides is 2. The number of imide groups is 1. The molecule has 0 aromatic heterocycles. The zero-order chi connectivity index (χ0) is 15.7. The predicted octanol–water partition coefficient (Wildman–Crippen LogP) is 2.14. The van der Waals surface area contributed by atoms with E-state index in [-0.39, 0.29) is 42.5 Å². The molecule has 1 aliphatic heterocycles. The molecule has 1 rings (SSSR count). The van der Waals surface area contributed by atoms with Crippen LogP contribution < -0.4 is 0 Å². The Morgan fingerprint density at radius 2 is 1.75 bits per heavy atom. The second kappa shape index (κ2) is 5.54. The van der Waals surface area contributed by atoms with Crippen molar-refractivity contribution < 1.29 is 19.1 Å². The Hall–Kier alpha value is -1.39. The largest absolute Gasteiger partial charge is 0.460 e. The third-order valence-corrected chi connectivity index (χ3v) is 3.25. The van der Waals surface area contributed by atoms with E-state index in [2.05, 4.69) is 0 Å². The molecule has 5 heteroatoms. The fourth-order valence-electron chi connectivity index (χ4n) is 2.19. The van der Waals surface area contributed by atoms with Gasteiger partial charge >= 0.3 is 5.97 Å². The summed E-state index contributed by atoms with van der Waals surface area (Å²) >= 11 is 0. The van der Waals surface area contributed by atoms with E-state index in [9.17, 15) is 14.4 Å². The molecule has 0 aromatic rings. The van der Waals surface area contributed by atoms with Gasteiger partial charge in [-0.3, -0.25) is 19.3 Å². The average Bonchev–Trinajstić information content (AvgIpc) is 2.49. The molecule has 1 unspecified atom stereocenters. The molecule has 114 valence electrons. The molecule has 5 nitrogen and oxygen atoms in total. The van der Waals surface area contributed by atoms with Crippen LogP contribution in [0.2, 0.25) is 0 Å². The SMILES string of the molecule is CC(C)(C)OC(=O)CCN1C(=O)CC(C(C)(C)C)C1=O. The normalized spacial score (nSPS) is 20.5. The van der Waals surface area contributed by atoms with E-state index in [4.69, 9.17) is 4.74 Å². The fraction of sp³-hybridized carbons (Fsp3) is 0.800. The minimum atomic E-state index is -0.552. The second-order valence-corrected chi connectivity index (χ2v) is 7.34. The van der Waals surface area contributed by atoms with Gasteiger partial charge in [-0.05, 0) is 26.2 Å². The van der Waals surface area contributed by atoms with Gasteiger partial charge in [-0.25, -0.2) is 0 Å². The highest BCUT2D eigenvalue weighted by Crippen LogP contribution is 2.35. The number of carbonyl (C=O) groups excluding carboxylic acids is 3. The molecule has 0 bridgehead atoms. The molecule has 1 saturated heterocycles. The van der Waals surface area contributed by atoms with Gasteiger partial charge in [0.15, 0.2) is 0 Å². The first-order valence-electron chi connectivity index (χ1n) is 6.98. The monoisotopic (exact) mass is 283 g/mol. The van der Waals surface area contributed by atoms with Crippen LogP contribution >= 0.6 is 0 Å². The van der Waals surface area contributed by atoms with Crippen LogP contribution in [0.4, 0.5) is 0 Å². The first kappa shape index (κ1) is 16.7. The van der Waals surface area contributed by atoms with Crippen molar-refractivity contribution in [3.63, 3.8) is 0 Å². The van der Waals surface area contributed by atoms with Crippen molar-refractivity contribution in [1.29, 1.82) is 0 Å². The van der Waals surface area contributed by atoms with Crippen LogP contribution in [-0.2, 0) is 19.1 Å². The molecule has 0 N–H and O–H groups in total. The van der Waals surface area contributed by atoms with Crippen molar-refractivity contribution in [3.05, 3.63) is 0 Å². The molecular formula is C15H25NO4. The third-order valence-electron chi connectivity index (χ3n) is 3.25. The zero-order valence-corrected chi connectivity index (χ0v) is 13.3. The number of rotatable bonds is 3. The molecule has 1 fully saturated rings. The molecule has 1 heterocycles. The number of ether oxygens (including phenoxy) is 1. The van der Waals surface area contributed by atoms with Crippen LogP contribution in [0.15, 0.2) is 0 Å². The summed E-state index contributed by atoms with van der Waals surface area (Å²) in [7, 11) is 0. The van der Waals surface area contributed by atoms with Crippen LogP contribution in [0.25, 0.3) is 0 Å². The topological polar surface area (TPSA) is 63.7 Å². The van der Waals surface area contributed by atoms with E-state index in [0.717, 1.165) is 0 Å². The summed E-state index contributed by atoms with van der Waals surface area (Å²) in [6.45, 7) is 11.3. The number of carbonyl (C=O) groups is 3. The standard InChI is InChI=1S/C15H25NO4/c1-14(2,3)10-9-11(17)16(13(10)19)8-7-12(18)20-15(4,5)6/h10H,7-9H2,1-6H3. The molecule has 1 atom stereocenters. The van der Waals surface area contributed by atoms with Gasteiger partial charge in [-0.1, -0.05) is 20.8 Å². The van der Waals surface area contributed by atoms with E-state index in [0.29, 0.717) is 0 Å². The smallest absolute Gasteiger partial charge is 0.308 e. The predicted molar refractivity (Wildman–Crippen MR) is 74.7 cm³/mol. The van der Waals surface area contributed by atoms with Crippen LogP contribution in [-0.4, -0.2) is 34.8 Å². The summed E-state index contributed by atoms with van der Waals surface area (Å²) in [5.41, 5.74) is -0.794. The van der Waals surface area contributed by atoms with Gasteiger partial charge in [0.1, 0.15) is 5.60 Å². The van der Waals surface area contributed by atoms with Crippen LogP contribution in [0.5, 0.6) is 0 Å². The molecule has 1 aliphatic rings. The van der Waals surface area contributed by atoms with E-state index in [1.165, 1.54) is 4.90 Å². The summed E-state index contributed by atoms with van der Waals surface area (Å²) in [6, 6.07) is 0. The number of esters is 1. The lowest BCUT2D eigenvalue weighted by Crippen LogP contribution is -2.36. The lowest BCUT2D eigenvalue weighted by Gasteiger charge is -2.25. The maximum absolute atomic E-state index is 12.2. The highest BCUT2D eigenvalue weighted by atomic mass is 16.6. The Labute approximate surface area is 120 Å². The highest BCUT2D eigenvalue weighted by Gasteiger charge is 2.44. The summed E-state index contributed by atoms with van der Waals surface area (Å²) in [5.74, 6) is -1.06. The fourth-order valence-corrected chi connectivity index (χ4v) is 2.19. The molecule has 0 aromatic carbocycles. The number of hydrogen-bond acceptors (Lipinski definition) is 4. The maximum Gasteiger partial charge on any atom is 0.308 e.